The van der Waals surface area contributed by atoms with Gasteiger partial charge in [0.2, 0.25) is 0 Å². The Kier molecular flexibility index (Phi) is 7.73. The molecule has 0 atom stereocenters. The second kappa shape index (κ2) is 12.8. The first kappa shape index (κ1) is 29.0. The summed E-state index contributed by atoms with van der Waals surface area (Å²) in [4.78, 5) is 15.1. The van der Waals surface area contributed by atoms with Gasteiger partial charge in [0.15, 0.2) is 17.5 Å². The van der Waals surface area contributed by atoms with Crippen molar-refractivity contribution >= 4 is 10.8 Å². The molecule has 0 fully saturated rings. The van der Waals surface area contributed by atoms with Crippen molar-refractivity contribution < 1.29 is 4.74 Å². The third-order valence-corrected chi connectivity index (χ3v) is 8.56. The van der Waals surface area contributed by atoms with Crippen molar-refractivity contribution in [3.63, 3.8) is 0 Å². The van der Waals surface area contributed by atoms with Crippen LogP contribution in [0.3, 0.4) is 0 Å². The van der Waals surface area contributed by atoms with Crippen LogP contribution in [0.1, 0.15) is 5.56 Å². The number of fused-ring (bicyclic) bond motifs is 1. The number of aromatic nitrogens is 3. The highest BCUT2D eigenvalue weighted by atomic mass is 16.5. The molecule has 0 unspecified atom stereocenters. The highest BCUT2D eigenvalue weighted by molar-refractivity contribution is 6.00. The first-order valence-electron chi connectivity index (χ1n) is 16.0. The Morgan fingerprint density at radius 3 is 1.40 bits per heavy atom. The van der Waals surface area contributed by atoms with Gasteiger partial charge in [-0.15, -0.1) is 0 Å². The number of benzene rings is 7. The Bertz CT molecular complexity index is 2350. The average molecular weight is 618 g/mol. The zero-order valence-corrected chi connectivity index (χ0v) is 26.4. The Labute approximate surface area is 280 Å². The SMILES string of the molecule is Cc1ccccc1Oc1cccc2cccc(-c3nc(-c4ccccc4)nc(-c4ccc(-c5ccc(-c6ccccc6)cc5)cc4)n3)c12. The number of para-hydroxylation sites is 1. The molecule has 0 amide bonds. The summed E-state index contributed by atoms with van der Waals surface area (Å²) in [5.41, 5.74) is 8.47. The van der Waals surface area contributed by atoms with Crippen LogP contribution in [-0.4, -0.2) is 15.0 Å². The molecule has 7 aromatic carbocycles. The smallest absolute Gasteiger partial charge is 0.164 e. The van der Waals surface area contributed by atoms with Gasteiger partial charge in [0.25, 0.3) is 0 Å². The van der Waals surface area contributed by atoms with Crippen molar-refractivity contribution in [1.82, 2.24) is 15.0 Å². The van der Waals surface area contributed by atoms with E-state index in [1.54, 1.807) is 0 Å². The lowest BCUT2D eigenvalue weighted by atomic mass is 9.99. The molecule has 1 aromatic heterocycles. The number of ether oxygens (including phenoxy) is 1. The Morgan fingerprint density at radius 1 is 0.354 bits per heavy atom. The van der Waals surface area contributed by atoms with Gasteiger partial charge in [0, 0.05) is 22.1 Å². The lowest BCUT2D eigenvalue weighted by molar-refractivity contribution is 0.484. The van der Waals surface area contributed by atoms with E-state index >= 15 is 0 Å². The van der Waals surface area contributed by atoms with Gasteiger partial charge in [-0.05, 0) is 52.3 Å². The fourth-order valence-electron chi connectivity index (χ4n) is 6.01. The first-order chi connectivity index (χ1) is 23.7. The van der Waals surface area contributed by atoms with E-state index < -0.39 is 0 Å². The number of nitrogens with zero attached hydrogens (tertiary/aromatic N) is 3. The third-order valence-electron chi connectivity index (χ3n) is 8.56. The van der Waals surface area contributed by atoms with Crippen LogP contribution >= 0.6 is 0 Å². The Hall–Kier alpha value is -6.39. The van der Waals surface area contributed by atoms with Gasteiger partial charge in [-0.2, -0.15) is 0 Å². The monoisotopic (exact) mass is 617 g/mol. The summed E-state index contributed by atoms with van der Waals surface area (Å²) in [6.45, 7) is 2.05. The Morgan fingerprint density at radius 2 is 0.792 bits per heavy atom. The predicted octanol–water partition coefficient (Wildman–Crippen LogP) is 11.5. The van der Waals surface area contributed by atoms with E-state index in [4.69, 9.17) is 19.7 Å². The van der Waals surface area contributed by atoms with E-state index in [0.29, 0.717) is 17.5 Å². The maximum Gasteiger partial charge on any atom is 0.164 e. The van der Waals surface area contributed by atoms with Crippen LogP contribution in [0.15, 0.2) is 170 Å². The van der Waals surface area contributed by atoms with Crippen LogP contribution in [0.2, 0.25) is 0 Å². The molecule has 48 heavy (non-hydrogen) atoms. The number of hydrogen-bond acceptors (Lipinski definition) is 4. The van der Waals surface area contributed by atoms with Crippen LogP contribution < -0.4 is 4.74 Å². The molecule has 1 heterocycles. The van der Waals surface area contributed by atoms with Crippen LogP contribution in [-0.2, 0) is 0 Å². The van der Waals surface area contributed by atoms with Gasteiger partial charge in [-0.3, -0.25) is 0 Å². The fraction of sp³-hybridized carbons (Fsp3) is 0.0227. The van der Waals surface area contributed by atoms with Crippen molar-refractivity contribution in [3.05, 3.63) is 175 Å². The van der Waals surface area contributed by atoms with E-state index in [-0.39, 0.29) is 0 Å². The molecular weight excluding hydrogens is 587 g/mol. The lowest BCUT2D eigenvalue weighted by Gasteiger charge is -2.15. The van der Waals surface area contributed by atoms with Crippen molar-refractivity contribution in [2.75, 3.05) is 0 Å². The molecule has 228 valence electrons. The summed E-state index contributed by atoms with van der Waals surface area (Å²) < 4.78 is 6.53. The van der Waals surface area contributed by atoms with Crippen LogP contribution in [0, 0.1) is 6.92 Å². The maximum atomic E-state index is 6.53. The van der Waals surface area contributed by atoms with Crippen LogP contribution in [0.25, 0.3) is 67.2 Å². The lowest BCUT2D eigenvalue weighted by Crippen LogP contribution is -2.01. The van der Waals surface area contributed by atoms with Gasteiger partial charge in [0.05, 0.1) is 0 Å². The molecule has 0 bridgehead atoms. The van der Waals surface area contributed by atoms with Crippen molar-refractivity contribution in [3.8, 4) is 67.9 Å². The van der Waals surface area contributed by atoms with Crippen molar-refractivity contribution in [2.24, 2.45) is 0 Å². The van der Waals surface area contributed by atoms with E-state index in [2.05, 4.69) is 104 Å². The first-order valence-corrected chi connectivity index (χ1v) is 16.0. The fourth-order valence-corrected chi connectivity index (χ4v) is 6.01. The minimum atomic E-state index is 0.589. The second-order valence-electron chi connectivity index (χ2n) is 11.7. The molecule has 0 saturated heterocycles. The summed E-state index contributed by atoms with van der Waals surface area (Å²) in [6, 6.07) is 58.0. The molecule has 4 heteroatoms. The summed E-state index contributed by atoms with van der Waals surface area (Å²) in [5, 5.41) is 2.00. The van der Waals surface area contributed by atoms with Crippen molar-refractivity contribution in [1.29, 1.82) is 0 Å². The van der Waals surface area contributed by atoms with Gasteiger partial charge in [-0.1, -0.05) is 158 Å². The number of hydrogen-bond donors (Lipinski definition) is 0. The molecule has 0 N–H and O–H groups in total. The highest BCUT2D eigenvalue weighted by Crippen LogP contribution is 2.38. The van der Waals surface area contributed by atoms with E-state index in [1.165, 1.54) is 11.1 Å². The zero-order valence-electron chi connectivity index (χ0n) is 26.4. The molecule has 0 aliphatic heterocycles. The molecule has 0 aliphatic rings. The number of aryl methyl sites for hydroxylation is 1. The second-order valence-corrected chi connectivity index (χ2v) is 11.7. The molecule has 0 spiro atoms. The minimum absolute atomic E-state index is 0.589. The quantitative estimate of drug-likeness (QED) is 0.178. The van der Waals surface area contributed by atoms with Gasteiger partial charge >= 0.3 is 0 Å². The Balaban J connectivity index is 1.21. The predicted molar refractivity (Wildman–Crippen MR) is 196 cm³/mol. The topological polar surface area (TPSA) is 47.9 Å². The van der Waals surface area contributed by atoms with Gasteiger partial charge < -0.3 is 4.74 Å². The van der Waals surface area contributed by atoms with Crippen molar-refractivity contribution in [2.45, 2.75) is 6.92 Å². The van der Waals surface area contributed by atoms with Gasteiger partial charge in [-0.25, -0.2) is 15.0 Å². The molecule has 4 nitrogen and oxygen atoms in total. The molecule has 0 saturated carbocycles. The largest absolute Gasteiger partial charge is 0.456 e. The van der Waals surface area contributed by atoms with Crippen LogP contribution in [0.4, 0.5) is 0 Å². The highest BCUT2D eigenvalue weighted by Gasteiger charge is 2.17. The van der Waals surface area contributed by atoms with Gasteiger partial charge in [0.1, 0.15) is 11.5 Å². The summed E-state index contributed by atoms with van der Waals surface area (Å²) in [7, 11) is 0. The third kappa shape index (κ3) is 5.83. The molecule has 8 aromatic rings. The minimum Gasteiger partial charge on any atom is -0.456 e. The standard InChI is InChI=1S/C44H31N3O/c1-30-12-8-9-20-39(30)48-40-21-11-18-35-17-10-19-38(41(35)40)44-46-42(36-15-6-3-7-16-36)45-43(47-44)37-28-26-34(27-29-37)33-24-22-32(23-25-33)31-13-4-2-5-14-31/h2-29H,1H3. The molecule has 0 radical (unpaired) electrons. The normalized spacial score (nSPS) is 11.0. The molecule has 0 aliphatic carbocycles. The van der Waals surface area contributed by atoms with Crippen LogP contribution in [0.5, 0.6) is 11.5 Å². The number of rotatable bonds is 7. The summed E-state index contributed by atoms with van der Waals surface area (Å²) in [6.07, 6.45) is 0. The zero-order chi connectivity index (χ0) is 32.3. The average Bonchev–Trinajstić information content (AvgIpc) is 3.16. The van der Waals surface area contributed by atoms with E-state index in [0.717, 1.165) is 55.7 Å². The maximum absolute atomic E-state index is 6.53. The summed E-state index contributed by atoms with van der Waals surface area (Å²) in [5.74, 6) is 3.38. The summed E-state index contributed by atoms with van der Waals surface area (Å²) >= 11 is 0. The molecular formula is C44H31N3O. The van der Waals surface area contributed by atoms with E-state index in [1.807, 2.05) is 72.8 Å². The molecule has 8 rings (SSSR count). The van der Waals surface area contributed by atoms with E-state index in [9.17, 15) is 0 Å².